The number of carbonyl (C=O) groups excluding carboxylic acids is 1. The normalized spacial score (nSPS) is 11.9. The maximum absolute atomic E-state index is 12.3. The summed E-state index contributed by atoms with van der Waals surface area (Å²) in [5.74, 6) is 0.810. The third kappa shape index (κ3) is 5.99. The van der Waals surface area contributed by atoms with Crippen molar-refractivity contribution in [1.29, 1.82) is 0 Å². The van der Waals surface area contributed by atoms with Gasteiger partial charge >= 0.3 is 0 Å². The van der Waals surface area contributed by atoms with Crippen molar-refractivity contribution < 1.29 is 9.53 Å². The number of hydrogen-bond acceptors (Lipinski definition) is 6. The van der Waals surface area contributed by atoms with Gasteiger partial charge in [-0.1, -0.05) is 70.0 Å². The number of anilines is 1. The first-order chi connectivity index (χ1) is 13.4. The van der Waals surface area contributed by atoms with Crippen molar-refractivity contribution in [3.8, 4) is 5.75 Å². The number of carbonyl (C=O) groups is 1. The monoisotopic (exact) mass is 473 g/mol. The Labute approximate surface area is 185 Å². The number of halogens is 3. The van der Waals surface area contributed by atoms with Crippen molar-refractivity contribution in [2.45, 2.75) is 23.1 Å². The first-order valence-electron chi connectivity index (χ1n) is 8.04. The Balaban J connectivity index is 1.54. The average molecular weight is 475 g/mol. The fourth-order valence-corrected chi connectivity index (χ4v) is 4.60. The van der Waals surface area contributed by atoms with Gasteiger partial charge < -0.3 is 4.74 Å². The summed E-state index contributed by atoms with van der Waals surface area (Å²) in [6.45, 7) is 1.65. The molecule has 0 fully saturated rings. The van der Waals surface area contributed by atoms with E-state index in [-0.39, 0.29) is 5.91 Å². The molecule has 1 atom stereocenters. The fraction of sp³-hybridized carbons (Fsp3) is 0.167. The molecule has 0 aliphatic rings. The fourth-order valence-electron chi connectivity index (χ4n) is 2.10. The van der Waals surface area contributed by atoms with Crippen molar-refractivity contribution in [2.75, 3.05) is 5.32 Å². The van der Waals surface area contributed by atoms with Gasteiger partial charge in [0.05, 0.1) is 0 Å². The SMILES string of the molecule is CC(Oc1cccc(Cl)c1)C(=O)Nc1nnc(SCc2ccc(Cl)cc2Cl)s1. The van der Waals surface area contributed by atoms with E-state index < -0.39 is 6.10 Å². The molecule has 10 heteroatoms. The molecule has 0 bridgehead atoms. The first kappa shape index (κ1) is 21.2. The van der Waals surface area contributed by atoms with Crippen LogP contribution in [-0.2, 0) is 10.5 Å². The van der Waals surface area contributed by atoms with E-state index in [0.29, 0.717) is 36.0 Å². The molecule has 3 rings (SSSR count). The Morgan fingerprint density at radius 3 is 2.71 bits per heavy atom. The molecule has 5 nitrogen and oxygen atoms in total. The van der Waals surface area contributed by atoms with E-state index in [0.717, 1.165) is 5.56 Å². The molecule has 0 saturated carbocycles. The van der Waals surface area contributed by atoms with E-state index in [1.807, 2.05) is 6.07 Å². The highest BCUT2D eigenvalue weighted by Crippen LogP contribution is 2.31. The number of nitrogens with zero attached hydrogens (tertiary/aromatic N) is 2. The van der Waals surface area contributed by atoms with E-state index in [9.17, 15) is 4.79 Å². The predicted molar refractivity (Wildman–Crippen MR) is 116 cm³/mol. The second kappa shape index (κ2) is 9.80. The van der Waals surface area contributed by atoms with Crippen molar-refractivity contribution in [3.63, 3.8) is 0 Å². The molecule has 146 valence electrons. The summed E-state index contributed by atoms with van der Waals surface area (Å²) >= 11 is 20.7. The molecule has 2 aromatic carbocycles. The lowest BCUT2D eigenvalue weighted by atomic mass is 10.2. The van der Waals surface area contributed by atoms with Crippen LogP contribution < -0.4 is 10.1 Å². The Morgan fingerprint density at radius 1 is 1.18 bits per heavy atom. The molecule has 0 radical (unpaired) electrons. The molecule has 0 saturated heterocycles. The van der Waals surface area contributed by atoms with Gasteiger partial charge in [0.2, 0.25) is 5.13 Å². The van der Waals surface area contributed by atoms with Gasteiger partial charge in [0.1, 0.15) is 5.75 Å². The molecule has 3 aromatic rings. The number of ether oxygens (including phenoxy) is 1. The summed E-state index contributed by atoms with van der Waals surface area (Å²) < 4.78 is 6.31. The third-order valence-corrected chi connectivity index (χ3v) is 6.32. The average Bonchev–Trinajstić information content (AvgIpc) is 3.08. The number of rotatable bonds is 7. The Kier molecular flexibility index (Phi) is 7.42. The van der Waals surface area contributed by atoms with Crippen LogP contribution in [0.3, 0.4) is 0 Å². The molecule has 1 aromatic heterocycles. The molecule has 0 aliphatic heterocycles. The van der Waals surface area contributed by atoms with Crippen LogP contribution in [0.25, 0.3) is 0 Å². The molecular weight excluding hydrogens is 461 g/mol. The minimum Gasteiger partial charge on any atom is -0.481 e. The standard InChI is InChI=1S/C18H14Cl3N3O2S2/c1-10(26-14-4-2-3-12(19)7-14)16(25)22-17-23-24-18(28-17)27-9-11-5-6-13(20)8-15(11)21/h2-8,10H,9H2,1H3,(H,22,23,25). The second-order valence-corrected chi connectivity index (χ2v) is 9.08. The second-order valence-electron chi connectivity index (χ2n) is 5.60. The molecule has 1 N–H and O–H groups in total. The highest BCUT2D eigenvalue weighted by molar-refractivity contribution is 8.00. The number of benzene rings is 2. The van der Waals surface area contributed by atoms with Crippen LogP contribution in [0.2, 0.25) is 15.1 Å². The number of amides is 1. The first-order valence-corrected chi connectivity index (χ1v) is 11.0. The molecule has 1 unspecified atom stereocenters. The zero-order valence-corrected chi connectivity index (χ0v) is 18.4. The summed E-state index contributed by atoms with van der Waals surface area (Å²) in [6, 6.07) is 12.2. The summed E-state index contributed by atoms with van der Waals surface area (Å²) in [7, 11) is 0. The van der Waals surface area contributed by atoms with E-state index in [2.05, 4.69) is 15.5 Å². The third-order valence-electron chi connectivity index (χ3n) is 3.48. The number of aromatic nitrogens is 2. The van der Waals surface area contributed by atoms with Gasteiger partial charge in [-0.2, -0.15) is 0 Å². The van der Waals surface area contributed by atoms with Gasteiger partial charge in [0, 0.05) is 20.8 Å². The molecule has 28 heavy (non-hydrogen) atoms. The van der Waals surface area contributed by atoms with Crippen molar-refractivity contribution >= 4 is 68.9 Å². The predicted octanol–water partition coefficient (Wildman–Crippen LogP) is 6.20. The van der Waals surface area contributed by atoms with Crippen molar-refractivity contribution in [1.82, 2.24) is 10.2 Å². The quantitative estimate of drug-likeness (QED) is 0.326. The van der Waals surface area contributed by atoms with Gasteiger partial charge in [-0.25, -0.2) is 0 Å². The van der Waals surface area contributed by atoms with Gasteiger partial charge in [0.25, 0.3) is 5.91 Å². The number of nitrogens with one attached hydrogen (secondary N) is 1. The lowest BCUT2D eigenvalue weighted by molar-refractivity contribution is -0.122. The summed E-state index contributed by atoms with van der Waals surface area (Å²) in [5, 5.41) is 12.9. The van der Waals surface area contributed by atoms with Crippen LogP contribution in [0.5, 0.6) is 5.75 Å². The minimum absolute atomic E-state index is 0.326. The minimum atomic E-state index is -0.716. The Morgan fingerprint density at radius 2 is 1.96 bits per heavy atom. The van der Waals surface area contributed by atoms with Crippen LogP contribution in [0, 0.1) is 0 Å². The molecule has 1 amide bonds. The van der Waals surface area contributed by atoms with Gasteiger partial charge in [0.15, 0.2) is 10.4 Å². The Bertz CT molecular complexity index is 984. The Hall–Kier alpha value is -1.51. The van der Waals surface area contributed by atoms with Crippen LogP contribution in [0.1, 0.15) is 12.5 Å². The zero-order valence-electron chi connectivity index (χ0n) is 14.5. The topological polar surface area (TPSA) is 64.1 Å². The lowest BCUT2D eigenvalue weighted by Gasteiger charge is -2.13. The molecule has 0 aliphatic carbocycles. The van der Waals surface area contributed by atoms with Crippen LogP contribution in [0.15, 0.2) is 46.8 Å². The van der Waals surface area contributed by atoms with Gasteiger partial charge in [-0.15, -0.1) is 10.2 Å². The van der Waals surface area contributed by atoms with E-state index in [1.165, 1.54) is 23.1 Å². The van der Waals surface area contributed by atoms with E-state index >= 15 is 0 Å². The number of hydrogen-bond donors (Lipinski definition) is 1. The highest BCUT2D eigenvalue weighted by atomic mass is 35.5. The van der Waals surface area contributed by atoms with Crippen LogP contribution >= 0.6 is 57.9 Å². The summed E-state index contributed by atoms with van der Waals surface area (Å²) in [6.07, 6.45) is -0.716. The summed E-state index contributed by atoms with van der Waals surface area (Å²) in [5.41, 5.74) is 0.945. The maximum Gasteiger partial charge on any atom is 0.266 e. The molecule has 0 spiro atoms. The van der Waals surface area contributed by atoms with Crippen molar-refractivity contribution in [3.05, 3.63) is 63.1 Å². The molecular formula is C18H14Cl3N3O2S2. The van der Waals surface area contributed by atoms with Gasteiger partial charge in [-0.3, -0.25) is 10.1 Å². The van der Waals surface area contributed by atoms with Crippen LogP contribution in [-0.4, -0.2) is 22.2 Å². The molecule has 1 heterocycles. The smallest absolute Gasteiger partial charge is 0.266 e. The maximum atomic E-state index is 12.3. The van der Waals surface area contributed by atoms with Crippen molar-refractivity contribution in [2.24, 2.45) is 0 Å². The highest BCUT2D eigenvalue weighted by Gasteiger charge is 2.17. The lowest BCUT2D eigenvalue weighted by Crippen LogP contribution is -2.30. The van der Waals surface area contributed by atoms with Crippen LogP contribution in [0.4, 0.5) is 5.13 Å². The largest absolute Gasteiger partial charge is 0.481 e. The zero-order chi connectivity index (χ0) is 20.1. The van der Waals surface area contributed by atoms with Gasteiger partial charge in [-0.05, 0) is 42.8 Å². The summed E-state index contributed by atoms with van der Waals surface area (Å²) in [4.78, 5) is 12.3. The number of thioether (sulfide) groups is 1. The van der Waals surface area contributed by atoms with E-state index in [1.54, 1.807) is 43.3 Å². The van der Waals surface area contributed by atoms with E-state index in [4.69, 9.17) is 39.5 Å².